The molecule has 1 saturated heterocycles. The zero-order valence-electron chi connectivity index (χ0n) is 12.1. The lowest BCUT2D eigenvalue weighted by Gasteiger charge is -2.30. The van der Waals surface area contributed by atoms with Crippen LogP contribution < -0.4 is 5.32 Å². The maximum atomic E-state index is 12.3. The van der Waals surface area contributed by atoms with Crippen LogP contribution >= 0.6 is 0 Å². The maximum absolute atomic E-state index is 12.3. The van der Waals surface area contributed by atoms with Crippen molar-refractivity contribution in [2.45, 2.75) is 58.8 Å². The molecule has 4 unspecified atom stereocenters. The summed E-state index contributed by atoms with van der Waals surface area (Å²) in [6, 6.07) is -0.0300. The SMILES string of the molecule is CCC1NC(CC(C)C)N(C(C)CS(C)=O)C1=O. The summed E-state index contributed by atoms with van der Waals surface area (Å²) < 4.78 is 11.4. The highest BCUT2D eigenvalue weighted by atomic mass is 32.2. The van der Waals surface area contributed by atoms with Crippen molar-refractivity contribution in [3.63, 3.8) is 0 Å². The van der Waals surface area contributed by atoms with Gasteiger partial charge in [0.1, 0.15) is 0 Å². The highest BCUT2D eigenvalue weighted by Crippen LogP contribution is 2.22. The lowest BCUT2D eigenvalue weighted by Crippen LogP contribution is -2.46. The van der Waals surface area contributed by atoms with Crippen molar-refractivity contribution in [1.29, 1.82) is 0 Å². The van der Waals surface area contributed by atoms with Gasteiger partial charge in [-0.1, -0.05) is 20.8 Å². The van der Waals surface area contributed by atoms with Crippen molar-refractivity contribution in [2.24, 2.45) is 5.92 Å². The second kappa shape index (κ2) is 6.66. The third-order valence-electron chi connectivity index (χ3n) is 3.34. The van der Waals surface area contributed by atoms with E-state index in [0.29, 0.717) is 11.7 Å². The molecule has 4 nitrogen and oxygen atoms in total. The molecule has 18 heavy (non-hydrogen) atoms. The van der Waals surface area contributed by atoms with Crippen molar-refractivity contribution < 1.29 is 9.00 Å². The van der Waals surface area contributed by atoms with Gasteiger partial charge in [-0.25, -0.2) is 0 Å². The number of amides is 1. The van der Waals surface area contributed by atoms with Gasteiger partial charge >= 0.3 is 0 Å². The van der Waals surface area contributed by atoms with Crippen LogP contribution in [0.5, 0.6) is 0 Å². The summed E-state index contributed by atoms with van der Waals surface area (Å²) in [5, 5.41) is 3.40. The van der Waals surface area contributed by atoms with Crippen LogP contribution in [0.2, 0.25) is 0 Å². The molecule has 0 aromatic carbocycles. The van der Waals surface area contributed by atoms with E-state index in [1.165, 1.54) is 0 Å². The number of hydrogen-bond donors (Lipinski definition) is 1. The standard InChI is InChI=1S/C13H26N2O2S/c1-6-11-13(16)15(10(4)8-18(5)17)12(14-11)7-9(2)3/h9-12,14H,6-8H2,1-5H3. The molecule has 0 aliphatic carbocycles. The van der Waals surface area contributed by atoms with E-state index in [-0.39, 0.29) is 24.2 Å². The van der Waals surface area contributed by atoms with Gasteiger partial charge in [-0.3, -0.25) is 14.3 Å². The second-order valence-corrected chi connectivity index (χ2v) is 7.09. The van der Waals surface area contributed by atoms with Gasteiger partial charge in [-0.15, -0.1) is 0 Å². The van der Waals surface area contributed by atoms with E-state index in [1.54, 1.807) is 6.26 Å². The third kappa shape index (κ3) is 3.79. The first kappa shape index (κ1) is 15.6. The Balaban J connectivity index is 2.80. The highest BCUT2D eigenvalue weighted by molar-refractivity contribution is 7.84. The van der Waals surface area contributed by atoms with Gasteiger partial charge in [-0.05, 0) is 25.7 Å². The van der Waals surface area contributed by atoms with Crippen LogP contribution in [0.25, 0.3) is 0 Å². The minimum absolute atomic E-state index is 0.0381. The Hall–Kier alpha value is -0.420. The zero-order valence-corrected chi connectivity index (χ0v) is 12.9. The molecule has 5 heteroatoms. The molecule has 1 heterocycles. The predicted molar refractivity (Wildman–Crippen MR) is 75.7 cm³/mol. The van der Waals surface area contributed by atoms with Crippen molar-refractivity contribution in [3.8, 4) is 0 Å². The fraction of sp³-hybridized carbons (Fsp3) is 0.923. The lowest BCUT2D eigenvalue weighted by molar-refractivity contribution is -0.131. The van der Waals surface area contributed by atoms with Gasteiger partial charge in [-0.2, -0.15) is 0 Å². The fourth-order valence-electron chi connectivity index (χ4n) is 2.58. The minimum atomic E-state index is -0.869. The van der Waals surface area contributed by atoms with Gasteiger partial charge < -0.3 is 4.90 Å². The highest BCUT2D eigenvalue weighted by Gasteiger charge is 2.40. The first-order chi connectivity index (χ1) is 8.36. The molecular formula is C13H26N2O2S. The number of nitrogens with one attached hydrogen (secondary N) is 1. The summed E-state index contributed by atoms with van der Waals surface area (Å²) in [5.74, 6) is 1.26. The van der Waals surface area contributed by atoms with Crippen LogP contribution in [0.3, 0.4) is 0 Å². The van der Waals surface area contributed by atoms with E-state index in [4.69, 9.17) is 0 Å². The van der Waals surface area contributed by atoms with Gasteiger partial charge in [0.2, 0.25) is 5.91 Å². The largest absolute Gasteiger partial charge is 0.322 e. The van der Waals surface area contributed by atoms with E-state index in [9.17, 15) is 9.00 Å². The molecule has 1 aliphatic heterocycles. The molecule has 0 saturated carbocycles. The monoisotopic (exact) mass is 274 g/mol. The minimum Gasteiger partial charge on any atom is -0.322 e. The molecule has 4 atom stereocenters. The van der Waals surface area contributed by atoms with E-state index in [0.717, 1.165) is 12.8 Å². The Bertz CT molecular complexity index is 320. The summed E-state index contributed by atoms with van der Waals surface area (Å²) in [6.45, 7) is 8.33. The molecule has 1 rings (SSSR count). The molecule has 0 aromatic rings. The summed E-state index contributed by atoms with van der Waals surface area (Å²) in [4.78, 5) is 14.2. The van der Waals surface area contributed by atoms with Crippen molar-refractivity contribution in [1.82, 2.24) is 10.2 Å². The predicted octanol–water partition coefficient (Wildman–Crippen LogP) is 1.34. The van der Waals surface area contributed by atoms with Crippen LogP contribution in [0.4, 0.5) is 0 Å². The third-order valence-corrected chi connectivity index (χ3v) is 4.29. The summed E-state index contributed by atoms with van der Waals surface area (Å²) in [6.07, 6.45) is 3.55. The number of carbonyl (C=O) groups excluding carboxylic acids is 1. The normalized spacial score (nSPS) is 27.9. The van der Waals surface area contributed by atoms with Crippen molar-refractivity contribution >= 4 is 16.7 Å². The molecule has 0 aromatic heterocycles. The first-order valence-corrected chi connectivity index (χ1v) is 8.47. The molecule has 1 amide bonds. The number of carbonyl (C=O) groups is 1. The summed E-state index contributed by atoms with van der Waals surface area (Å²) >= 11 is 0. The second-order valence-electron chi connectivity index (χ2n) is 5.61. The van der Waals surface area contributed by atoms with Gasteiger partial charge in [0.25, 0.3) is 0 Å². The Labute approximate surface area is 113 Å². The molecule has 0 bridgehead atoms. The van der Waals surface area contributed by atoms with E-state index >= 15 is 0 Å². The molecule has 0 radical (unpaired) electrons. The van der Waals surface area contributed by atoms with Crippen LogP contribution in [-0.4, -0.2) is 45.3 Å². The van der Waals surface area contributed by atoms with Gasteiger partial charge in [0.05, 0.1) is 12.2 Å². The van der Waals surface area contributed by atoms with Gasteiger partial charge in [0, 0.05) is 28.9 Å². The van der Waals surface area contributed by atoms with Crippen LogP contribution in [0.15, 0.2) is 0 Å². The topological polar surface area (TPSA) is 49.4 Å². The molecule has 1 N–H and O–H groups in total. The molecular weight excluding hydrogens is 248 g/mol. The van der Waals surface area contributed by atoms with Crippen LogP contribution in [0, 0.1) is 5.92 Å². The average molecular weight is 274 g/mol. The number of hydrogen-bond acceptors (Lipinski definition) is 3. The fourth-order valence-corrected chi connectivity index (χ4v) is 3.42. The van der Waals surface area contributed by atoms with Crippen molar-refractivity contribution in [2.75, 3.05) is 12.0 Å². The first-order valence-electron chi connectivity index (χ1n) is 6.75. The van der Waals surface area contributed by atoms with E-state index in [2.05, 4.69) is 19.2 Å². The quantitative estimate of drug-likeness (QED) is 0.795. The molecule has 0 spiro atoms. The zero-order chi connectivity index (χ0) is 13.9. The molecule has 1 fully saturated rings. The Morgan fingerprint density at radius 1 is 1.39 bits per heavy atom. The van der Waals surface area contributed by atoms with E-state index in [1.807, 2.05) is 18.7 Å². The Morgan fingerprint density at radius 3 is 2.44 bits per heavy atom. The average Bonchev–Trinajstić information content (AvgIpc) is 2.52. The Kier molecular flexibility index (Phi) is 5.79. The maximum Gasteiger partial charge on any atom is 0.241 e. The number of nitrogens with zero attached hydrogens (tertiary/aromatic N) is 1. The summed E-state index contributed by atoms with van der Waals surface area (Å²) in [5.41, 5.74) is 0. The van der Waals surface area contributed by atoms with Crippen LogP contribution in [-0.2, 0) is 15.6 Å². The van der Waals surface area contributed by atoms with Gasteiger partial charge in [0.15, 0.2) is 0 Å². The number of rotatable bonds is 6. The van der Waals surface area contributed by atoms with Crippen molar-refractivity contribution in [3.05, 3.63) is 0 Å². The molecule has 106 valence electrons. The van der Waals surface area contributed by atoms with Crippen LogP contribution in [0.1, 0.15) is 40.5 Å². The molecule has 1 aliphatic rings. The lowest BCUT2D eigenvalue weighted by atomic mass is 10.1. The summed E-state index contributed by atoms with van der Waals surface area (Å²) in [7, 11) is -0.869. The Morgan fingerprint density at radius 2 is 2.00 bits per heavy atom. The van der Waals surface area contributed by atoms with E-state index < -0.39 is 10.8 Å². The smallest absolute Gasteiger partial charge is 0.241 e.